The topological polar surface area (TPSA) is 158 Å². The summed E-state index contributed by atoms with van der Waals surface area (Å²) < 4.78 is 11.5. The van der Waals surface area contributed by atoms with Crippen LogP contribution in [0, 0.1) is 0 Å². The highest BCUT2D eigenvalue weighted by Gasteiger charge is 2.39. The summed E-state index contributed by atoms with van der Waals surface area (Å²) in [6.45, 7) is -0.0734. The third kappa shape index (κ3) is 5.89. The number of carboxylic acids is 1. The summed E-state index contributed by atoms with van der Waals surface area (Å²) >= 11 is 0. The molecular weight excluding hydrogens is 584 g/mol. The van der Waals surface area contributed by atoms with Crippen LogP contribution in [0.3, 0.4) is 0 Å². The van der Waals surface area contributed by atoms with E-state index in [2.05, 4.69) is 4.99 Å². The normalized spacial score (nSPS) is 13.5. The molecule has 0 unspecified atom stereocenters. The first kappa shape index (κ1) is 30.4. The smallest absolute Gasteiger partial charge is 0.420 e. The number of ether oxygens (including phenoxy) is 2. The number of carbonyl (C=O) groups excluding carboxylic acids is 2. The SMILES string of the molecule is NC(N)=NCCC[C@@H](C(=O)O)N(C(=O)OCC1c2ccccc2-c2ccccc21)C(=O)OCC1c2ccccc2-c2ccccc21. The van der Waals surface area contributed by atoms with E-state index in [-0.39, 0.29) is 50.4 Å². The zero-order chi connectivity index (χ0) is 32.2. The largest absolute Gasteiger partial charge is 0.480 e. The fourth-order valence-electron chi connectivity index (χ4n) is 6.51. The number of hydrogen-bond acceptors (Lipinski definition) is 6. The number of guanidine groups is 1. The van der Waals surface area contributed by atoms with Gasteiger partial charge in [-0.15, -0.1) is 0 Å². The highest BCUT2D eigenvalue weighted by Crippen LogP contribution is 2.46. The zero-order valence-electron chi connectivity index (χ0n) is 25.0. The van der Waals surface area contributed by atoms with Gasteiger partial charge in [0.1, 0.15) is 19.3 Å². The molecule has 4 aromatic carbocycles. The van der Waals surface area contributed by atoms with Crippen LogP contribution in [0.15, 0.2) is 102 Å². The Balaban J connectivity index is 1.24. The van der Waals surface area contributed by atoms with Gasteiger partial charge in [0.2, 0.25) is 0 Å². The van der Waals surface area contributed by atoms with E-state index in [1.807, 2.05) is 97.1 Å². The summed E-state index contributed by atoms with van der Waals surface area (Å²) in [7, 11) is 0. The lowest BCUT2D eigenvalue weighted by molar-refractivity contribution is -0.142. The molecule has 4 aromatic rings. The van der Waals surface area contributed by atoms with Crippen molar-refractivity contribution in [3.8, 4) is 22.3 Å². The van der Waals surface area contributed by atoms with Gasteiger partial charge in [-0.25, -0.2) is 14.4 Å². The van der Waals surface area contributed by atoms with E-state index in [0.29, 0.717) is 4.90 Å². The minimum Gasteiger partial charge on any atom is -0.480 e. The van der Waals surface area contributed by atoms with Gasteiger partial charge < -0.3 is 26.0 Å². The third-order valence-corrected chi connectivity index (χ3v) is 8.59. The van der Waals surface area contributed by atoms with Crippen LogP contribution < -0.4 is 11.5 Å². The van der Waals surface area contributed by atoms with Crippen LogP contribution >= 0.6 is 0 Å². The summed E-state index contributed by atoms with van der Waals surface area (Å²) in [6, 6.07) is 29.8. The average Bonchev–Trinajstić information content (AvgIpc) is 3.56. The molecule has 0 radical (unpaired) electrons. The van der Waals surface area contributed by atoms with Crippen LogP contribution in [0.25, 0.3) is 22.3 Å². The first-order valence-electron chi connectivity index (χ1n) is 15.1. The zero-order valence-corrected chi connectivity index (χ0v) is 25.0. The molecule has 0 aliphatic heterocycles. The Morgan fingerprint density at radius 3 is 1.39 bits per heavy atom. The molecule has 1 atom stereocenters. The van der Waals surface area contributed by atoms with Crippen molar-refractivity contribution in [3.63, 3.8) is 0 Å². The van der Waals surface area contributed by atoms with Gasteiger partial charge in [-0.3, -0.25) is 4.99 Å². The van der Waals surface area contributed by atoms with Crippen molar-refractivity contribution >= 4 is 24.1 Å². The lowest BCUT2D eigenvalue weighted by atomic mass is 9.98. The number of rotatable bonds is 10. The number of nitrogens with zero attached hydrogens (tertiary/aromatic N) is 2. The summed E-state index contributed by atoms with van der Waals surface area (Å²) in [5, 5.41) is 10.2. The van der Waals surface area contributed by atoms with Gasteiger partial charge in [0.15, 0.2) is 5.96 Å². The van der Waals surface area contributed by atoms with E-state index in [1.54, 1.807) is 0 Å². The molecule has 0 saturated carbocycles. The minimum atomic E-state index is -1.57. The van der Waals surface area contributed by atoms with E-state index < -0.39 is 24.2 Å². The van der Waals surface area contributed by atoms with E-state index in [0.717, 1.165) is 44.5 Å². The molecule has 0 heterocycles. The Hall–Kier alpha value is -5.64. The summed E-state index contributed by atoms with van der Waals surface area (Å²) in [5.41, 5.74) is 18.9. The second kappa shape index (κ2) is 13.2. The highest BCUT2D eigenvalue weighted by molar-refractivity contribution is 5.93. The minimum absolute atomic E-state index is 0.0969. The predicted molar refractivity (Wildman–Crippen MR) is 173 cm³/mol. The molecule has 0 bridgehead atoms. The Kier molecular flexibility index (Phi) is 8.69. The molecule has 0 aromatic heterocycles. The highest BCUT2D eigenvalue weighted by atomic mass is 16.6. The van der Waals surface area contributed by atoms with Crippen molar-refractivity contribution < 1.29 is 29.0 Å². The first-order chi connectivity index (χ1) is 22.3. The van der Waals surface area contributed by atoms with Crippen LogP contribution in [0.5, 0.6) is 0 Å². The van der Waals surface area contributed by atoms with Crippen molar-refractivity contribution in [2.24, 2.45) is 16.5 Å². The lowest BCUT2D eigenvalue weighted by Gasteiger charge is -2.27. The van der Waals surface area contributed by atoms with Gasteiger partial charge >= 0.3 is 18.2 Å². The van der Waals surface area contributed by atoms with Crippen LogP contribution in [0.1, 0.15) is 46.9 Å². The van der Waals surface area contributed by atoms with Gasteiger partial charge in [0, 0.05) is 18.4 Å². The number of fused-ring (bicyclic) bond motifs is 6. The molecular formula is C36H34N4O6. The number of carboxylic acid groups (broad SMARTS) is 1. The number of imide groups is 1. The van der Waals surface area contributed by atoms with Crippen molar-refractivity contribution in [2.45, 2.75) is 30.7 Å². The Morgan fingerprint density at radius 1 is 0.674 bits per heavy atom. The van der Waals surface area contributed by atoms with Gasteiger partial charge in [0.25, 0.3) is 0 Å². The lowest BCUT2D eigenvalue weighted by Crippen LogP contribution is -2.49. The number of amides is 2. The standard InChI is InChI=1S/C36H34N4O6/c37-34(38)39-19-9-18-32(33(41)42)40(35(43)45-20-30-26-14-5-1-10-22(26)23-11-2-6-15-27(23)30)36(44)46-21-31-28-16-7-3-12-24(28)25-13-4-8-17-29(25)31/h1-8,10-17,30-32H,9,18-21H2,(H,41,42)(H4,37,38,39)/t32-/m0/s1. The molecule has 2 aliphatic carbocycles. The number of carbonyl (C=O) groups is 3. The van der Waals surface area contributed by atoms with Crippen LogP contribution in [-0.2, 0) is 14.3 Å². The number of nitrogens with two attached hydrogens (primary N) is 2. The molecule has 0 saturated heterocycles. The van der Waals surface area contributed by atoms with Gasteiger partial charge in [-0.1, -0.05) is 97.1 Å². The van der Waals surface area contributed by atoms with E-state index in [9.17, 15) is 19.5 Å². The van der Waals surface area contributed by atoms with Crippen molar-refractivity contribution in [1.29, 1.82) is 0 Å². The van der Waals surface area contributed by atoms with Gasteiger partial charge in [-0.2, -0.15) is 4.90 Å². The monoisotopic (exact) mass is 618 g/mol. The summed E-state index contributed by atoms with van der Waals surface area (Å²) in [4.78, 5) is 44.4. The van der Waals surface area contributed by atoms with Crippen molar-refractivity contribution in [1.82, 2.24) is 4.90 Å². The van der Waals surface area contributed by atoms with E-state index in [1.165, 1.54) is 0 Å². The molecule has 234 valence electrons. The molecule has 46 heavy (non-hydrogen) atoms. The van der Waals surface area contributed by atoms with Gasteiger partial charge in [-0.05, 0) is 57.3 Å². The maximum atomic E-state index is 13.7. The quantitative estimate of drug-likeness (QED) is 0.116. The summed E-state index contributed by atoms with van der Waals surface area (Å²) in [5.74, 6) is -2.10. The number of aliphatic carboxylic acids is 1. The van der Waals surface area contributed by atoms with Crippen LogP contribution in [0.4, 0.5) is 9.59 Å². The number of benzene rings is 4. The predicted octanol–water partition coefficient (Wildman–Crippen LogP) is 5.69. The Morgan fingerprint density at radius 2 is 1.04 bits per heavy atom. The molecule has 6 rings (SSSR count). The fraction of sp³-hybridized carbons (Fsp3) is 0.222. The van der Waals surface area contributed by atoms with E-state index in [4.69, 9.17) is 20.9 Å². The Labute approximate surface area is 266 Å². The van der Waals surface area contributed by atoms with Crippen LogP contribution in [-0.4, -0.2) is 59.9 Å². The molecule has 10 heteroatoms. The van der Waals surface area contributed by atoms with Crippen molar-refractivity contribution in [2.75, 3.05) is 19.8 Å². The molecule has 2 amide bonds. The molecule has 10 nitrogen and oxygen atoms in total. The third-order valence-electron chi connectivity index (χ3n) is 8.59. The number of aliphatic imine (C=N–C) groups is 1. The molecule has 2 aliphatic rings. The maximum Gasteiger partial charge on any atom is 0.420 e. The average molecular weight is 619 g/mol. The second-order valence-corrected chi connectivity index (χ2v) is 11.3. The Bertz CT molecular complexity index is 1620. The first-order valence-corrected chi connectivity index (χ1v) is 15.1. The molecule has 0 fully saturated rings. The van der Waals surface area contributed by atoms with Crippen molar-refractivity contribution in [3.05, 3.63) is 119 Å². The van der Waals surface area contributed by atoms with Crippen LogP contribution in [0.2, 0.25) is 0 Å². The second-order valence-electron chi connectivity index (χ2n) is 11.3. The summed E-state index contributed by atoms with van der Waals surface area (Å²) in [6.07, 6.45) is -2.12. The van der Waals surface area contributed by atoms with Gasteiger partial charge in [0.05, 0.1) is 0 Å². The maximum absolute atomic E-state index is 13.7. The fourth-order valence-corrected chi connectivity index (χ4v) is 6.51. The van der Waals surface area contributed by atoms with E-state index >= 15 is 0 Å². The molecule has 5 N–H and O–H groups in total. The molecule has 0 spiro atoms. The number of hydrogen-bond donors (Lipinski definition) is 3.